The van der Waals surface area contributed by atoms with Crippen LogP contribution in [0.3, 0.4) is 0 Å². The number of H-pyrrole nitrogens is 1. The summed E-state index contributed by atoms with van der Waals surface area (Å²) in [6.45, 7) is 3.60. The number of imidazole rings is 1. The van der Waals surface area contributed by atoms with E-state index < -0.39 is 29.3 Å². The molecule has 12 nitrogen and oxygen atoms in total. The lowest BCUT2D eigenvalue weighted by atomic mass is 10.0. The lowest BCUT2D eigenvalue weighted by molar-refractivity contribution is -0.139. The summed E-state index contributed by atoms with van der Waals surface area (Å²) in [6, 6.07) is 2.09. The fourth-order valence-corrected chi connectivity index (χ4v) is 4.35. The number of fused-ring (bicyclic) bond motifs is 1. The molecular formula is C20H22N6O6S. The van der Waals surface area contributed by atoms with Gasteiger partial charge < -0.3 is 24.8 Å². The van der Waals surface area contributed by atoms with Gasteiger partial charge in [-0.25, -0.2) is 19.4 Å². The third-order valence-electron chi connectivity index (χ3n) is 5.12. The Kier molecular flexibility index (Phi) is 5.89. The van der Waals surface area contributed by atoms with Crippen LogP contribution in [0.2, 0.25) is 0 Å². The van der Waals surface area contributed by atoms with Crippen LogP contribution in [0.4, 0.5) is 4.79 Å². The number of thioether (sulfide) groups is 1. The molecular weight excluding hydrogens is 452 g/mol. The van der Waals surface area contributed by atoms with Crippen LogP contribution < -0.4 is 21.9 Å². The van der Waals surface area contributed by atoms with Crippen molar-refractivity contribution in [2.24, 2.45) is 14.1 Å². The number of carbonyl (C=O) groups is 2. The topological polar surface area (TPSA) is 153 Å². The highest BCUT2D eigenvalue weighted by atomic mass is 32.2. The van der Waals surface area contributed by atoms with Gasteiger partial charge in [-0.2, -0.15) is 0 Å². The van der Waals surface area contributed by atoms with Gasteiger partial charge in [0, 0.05) is 25.5 Å². The first-order valence-electron chi connectivity index (χ1n) is 10.0. The van der Waals surface area contributed by atoms with Gasteiger partial charge in [0.25, 0.3) is 5.56 Å². The molecule has 2 amide bonds. The van der Waals surface area contributed by atoms with Crippen LogP contribution in [-0.4, -0.2) is 43.5 Å². The first-order chi connectivity index (χ1) is 15.7. The van der Waals surface area contributed by atoms with Crippen molar-refractivity contribution < 1.29 is 18.7 Å². The largest absolute Gasteiger partial charge is 0.464 e. The maximum atomic E-state index is 12.8. The Morgan fingerprint density at radius 2 is 2.00 bits per heavy atom. The lowest BCUT2D eigenvalue weighted by Gasteiger charge is -2.27. The predicted molar refractivity (Wildman–Crippen MR) is 119 cm³/mol. The number of nitrogens with zero attached hydrogens (tertiary/aromatic N) is 3. The second kappa shape index (κ2) is 8.65. The third kappa shape index (κ3) is 4.06. The molecule has 3 aromatic heterocycles. The van der Waals surface area contributed by atoms with Crippen LogP contribution in [0.25, 0.3) is 11.2 Å². The van der Waals surface area contributed by atoms with Gasteiger partial charge in [-0.05, 0) is 26.0 Å². The molecule has 4 heterocycles. The van der Waals surface area contributed by atoms with Gasteiger partial charge in [0.05, 0.1) is 12.2 Å². The Balaban J connectivity index is 1.72. The van der Waals surface area contributed by atoms with Gasteiger partial charge in [-0.15, -0.1) is 0 Å². The lowest BCUT2D eigenvalue weighted by Crippen LogP contribution is -2.46. The smallest absolute Gasteiger partial charge is 0.338 e. The van der Waals surface area contributed by atoms with E-state index in [-0.39, 0.29) is 29.1 Å². The average molecular weight is 474 g/mol. The van der Waals surface area contributed by atoms with Crippen molar-refractivity contribution in [1.29, 1.82) is 0 Å². The highest BCUT2D eigenvalue weighted by Crippen LogP contribution is 2.31. The summed E-state index contributed by atoms with van der Waals surface area (Å²) in [5, 5.41) is 5.70. The highest BCUT2D eigenvalue weighted by molar-refractivity contribution is 7.99. The van der Waals surface area contributed by atoms with Crippen LogP contribution in [0, 0.1) is 6.92 Å². The first-order valence-corrected chi connectivity index (χ1v) is 11.0. The third-order valence-corrected chi connectivity index (χ3v) is 6.02. The minimum absolute atomic E-state index is 0.131. The SMILES string of the molecule is CCOC(=O)C1=C(CSc2nc3c([nH]2)c(=O)n(C)c(=O)n3C)NC(=O)N[C@@H]1c1ccc(C)o1. The van der Waals surface area contributed by atoms with Crippen molar-refractivity contribution in [3.05, 3.63) is 55.8 Å². The van der Waals surface area contributed by atoms with Crippen molar-refractivity contribution >= 4 is 34.9 Å². The molecule has 0 saturated heterocycles. The number of rotatable bonds is 6. The Labute approximate surface area is 191 Å². The Morgan fingerprint density at radius 3 is 2.67 bits per heavy atom. The summed E-state index contributed by atoms with van der Waals surface area (Å²) < 4.78 is 13.1. The van der Waals surface area contributed by atoms with E-state index >= 15 is 0 Å². The number of nitrogens with one attached hydrogen (secondary N) is 3. The summed E-state index contributed by atoms with van der Waals surface area (Å²) in [6.07, 6.45) is 0. The van der Waals surface area contributed by atoms with Crippen molar-refractivity contribution in [3.63, 3.8) is 0 Å². The normalized spacial score (nSPS) is 16.1. The molecule has 1 aliphatic rings. The van der Waals surface area contributed by atoms with Gasteiger partial charge in [0.1, 0.15) is 17.6 Å². The number of esters is 1. The first kappa shape index (κ1) is 22.5. The minimum Gasteiger partial charge on any atom is -0.464 e. The van der Waals surface area contributed by atoms with E-state index in [2.05, 4.69) is 20.6 Å². The number of aromatic amines is 1. The monoisotopic (exact) mass is 474 g/mol. The number of furan rings is 1. The van der Waals surface area contributed by atoms with Gasteiger partial charge in [-0.1, -0.05) is 11.8 Å². The number of amides is 2. The molecule has 0 radical (unpaired) electrons. The molecule has 174 valence electrons. The number of carbonyl (C=O) groups excluding carboxylic acids is 2. The highest BCUT2D eigenvalue weighted by Gasteiger charge is 2.35. The summed E-state index contributed by atoms with van der Waals surface area (Å²) in [5.41, 5.74) is -0.0722. The van der Waals surface area contributed by atoms with Gasteiger partial charge in [0.2, 0.25) is 0 Å². The molecule has 0 saturated carbocycles. The number of aromatic nitrogens is 4. The molecule has 13 heteroatoms. The fourth-order valence-electron chi connectivity index (χ4n) is 3.52. The average Bonchev–Trinajstić information content (AvgIpc) is 3.41. The van der Waals surface area contributed by atoms with Crippen LogP contribution in [-0.2, 0) is 23.6 Å². The molecule has 0 aromatic carbocycles. The molecule has 1 aliphatic heterocycles. The van der Waals surface area contributed by atoms with E-state index in [0.717, 1.165) is 16.3 Å². The summed E-state index contributed by atoms with van der Waals surface area (Å²) in [7, 11) is 2.90. The quantitative estimate of drug-likeness (QED) is 0.351. The molecule has 33 heavy (non-hydrogen) atoms. The van der Waals surface area contributed by atoms with Crippen molar-refractivity contribution in [2.75, 3.05) is 12.4 Å². The molecule has 4 rings (SSSR count). The Morgan fingerprint density at radius 1 is 1.24 bits per heavy atom. The molecule has 1 atom stereocenters. The molecule has 0 bridgehead atoms. The molecule has 0 unspecified atom stereocenters. The number of urea groups is 1. The van der Waals surface area contributed by atoms with E-state index in [1.807, 2.05) is 0 Å². The predicted octanol–water partition coefficient (Wildman–Crippen LogP) is 0.825. The zero-order valence-corrected chi connectivity index (χ0v) is 19.2. The van der Waals surface area contributed by atoms with E-state index in [1.54, 1.807) is 26.0 Å². The van der Waals surface area contributed by atoms with E-state index in [0.29, 0.717) is 22.4 Å². The molecule has 0 fully saturated rings. The zero-order chi connectivity index (χ0) is 23.9. The van der Waals surface area contributed by atoms with Gasteiger partial charge in [-0.3, -0.25) is 13.9 Å². The number of hydrogen-bond acceptors (Lipinski definition) is 8. The van der Waals surface area contributed by atoms with Crippen molar-refractivity contribution in [2.45, 2.75) is 25.0 Å². The summed E-state index contributed by atoms with van der Waals surface area (Å²) >= 11 is 1.16. The number of ether oxygens (including phenoxy) is 1. The maximum Gasteiger partial charge on any atom is 0.338 e. The van der Waals surface area contributed by atoms with Crippen LogP contribution >= 0.6 is 11.8 Å². The zero-order valence-electron chi connectivity index (χ0n) is 18.3. The Hall–Kier alpha value is -3.74. The maximum absolute atomic E-state index is 12.8. The van der Waals surface area contributed by atoms with E-state index in [1.165, 1.54) is 18.7 Å². The molecule has 3 aromatic rings. The Bertz CT molecular complexity index is 1410. The second-order valence-corrected chi connectivity index (χ2v) is 8.29. The molecule has 0 aliphatic carbocycles. The van der Waals surface area contributed by atoms with Gasteiger partial charge in [0.15, 0.2) is 16.3 Å². The fraction of sp³-hybridized carbons (Fsp3) is 0.350. The molecule has 0 spiro atoms. The molecule has 3 N–H and O–H groups in total. The van der Waals surface area contributed by atoms with E-state index in [4.69, 9.17) is 9.15 Å². The van der Waals surface area contributed by atoms with Crippen LogP contribution in [0.5, 0.6) is 0 Å². The van der Waals surface area contributed by atoms with Crippen molar-refractivity contribution in [1.82, 2.24) is 29.7 Å². The number of aryl methyl sites for hydroxylation is 2. The summed E-state index contributed by atoms with van der Waals surface area (Å²) in [4.78, 5) is 56.9. The minimum atomic E-state index is -0.828. The second-order valence-electron chi connectivity index (χ2n) is 7.33. The van der Waals surface area contributed by atoms with Crippen LogP contribution in [0.15, 0.2) is 42.6 Å². The van der Waals surface area contributed by atoms with E-state index in [9.17, 15) is 19.2 Å². The summed E-state index contributed by atoms with van der Waals surface area (Å²) in [5.74, 6) is 0.563. The number of hydrogen-bond donors (Lipinski definition) is 3. The van der Waals surface area contributed by atoms with Gasteiger partial charge >= 0.3 is 17.7 Å². The van der Waals surface area contributed by atoms with Crippen LogP contribution in [0.1, 0.15) is 24.5 Å². The van der Waals surface area contributed by atoms with Crippen molar-refractivity contribution in [3.8, 4) is 0 Å². The standard InChI is InChI=1S/C20H22N6O6S/c1-5-31-17(28)12-10(21-18(29)22-13(12)11-7-6-9(2)32-11)8-33-19-23-14-15(24-19)25(3)20(30)26(4)16(14)27/h6-7,13H,5,8H2,1-4H3,(H,23,24)(H2,21,22,29)/t13-/m1/s1.